The van der Waals surface area contributed by atoms with Crippen molar-refractivity contribution in [2.75, 3.05) is 0 Å². The Hall–Kier alpha value is -2.18. The molecule has 0 saturated heterocycles. The molecule has 2 rings (SSSR count). The molecule has 5 N–H and O–H groups in total. The summed E-state index contributed by atoms with van der Waals surface area (Å²) in [7, 11) is 0. The van der Waals surface area contributed by atoms with Crippen LogP contribution in [-0.4, -0.2) is 33.6 Å². The molecule has 0 unspecified atom stereocenters. The molecule has 0 radical (unpaired) electrons. The van der Waals surface area contributed by atoms with E-state index in [1.165, 1.54) is 4.57 Å². The summed E-state index contributed by atoms with van der Waals surface area (Å²) < 4.78 is 1.53. The molecule has 1 heterocycles. The number of aliphatic carboxylic acids is 1. The minimum atomic E-state index is -1.06. The van der Waals surface area contributed by atoms with Gasteiger partial charge in [0.2, 0.25) is 5.91 Å². The Morgan fingerprint density at radius 3 is 2.57 bits per heavy atom. The summed E-state index contributed by atoms with van der Waals surface area (Å²) in [5.74, 6) is -1.24. The smallest absolute Gasteiger partial charge is 0.320 e. The SMILES string of the molecule is CCCC[C@H](N)C(=O)n1cc(C[C@H](N)C(=O)O)c2ccccc21. The molecule has 2 aromatic rings. The highest BCUT2D eigenvalue weighted by Crippen LogP contribution is 2.23. The molecule has 0 amide bonds. The number of unbranched alkanes of at least 4 members (excludes halogenated alkanes) is 1. The molecule has 0 bridgehead atoms. The number of hydrogen-bond donors (Lipinski definition) is 3. The molecular formula is C17H23N3O3. The molecule has 1 aromatic heterocycles. The first-order valence-corrected chi connectivity index (χ1v) is 7.82. The van der Waals surface area contributed by atoms with Crippen LogP contribution in [0.3, 0.4) is 0 Å². The van der Waals surface area contributed by atoms with E-state index in [2.05, 4.69) is 0 Å². The second-order valence-electron chi connectivity index (χ2n) is 5.78. The largest absolute Gasteiger partial charge is 0.480 e. The zero-order valence-electron chi connectivity index (χ0n) is 13.2. The molecule has 6 nitrogen and oxygen atoms in total. The maximum Gasteiger partial charge on any atom is 0.320 e. The minimum Gasteiger partial charge on any atom is -0.480 e. The highest BCUT2D eigenvalue weighted by molar-refractivity contribution is 5.96. The summed E-state index contributed by atoms with van der Waals surface area (Å²) in [5.41, 5.74) is 13.1. The number of aromatic nitrogens is 1. The predicted octanol–water partition coefficient (Wildman–Crippen LogP) is 1.75. The quantitative estimate of drug-likeness (QED) is 0.720. The number of carbonyl (C=O) groups is 2. The monoisotopic (exact) mass is 317 g/mol. The molecule has 0 spiro atoms. The Morgan fingerprint density at radius 1 is 1.22 bits per heavy atom. The number of fused-ring (bicyclic) bond motifs is 1. The Balaban J connectivity index is 2.37. The Kier molecular flexibility index (Phi) is 5.52. The third kappa shape index (κ3) is 3.78. The van der Waals surface area contributed by atoms with E-state index in [1.807, 2.05) is 31.2 Å². The van der Waals surface area contributed by atoms with Crippen molar-refractivity contribution >= 4 is 22.8 Å². The molecule has 6 heteroatoms. The topological polar surface area (TPSA) is 111 Å². The first-order valence-electron chi connectivity index (χ1n) is 7.82. The van der Waals surface area contributed by atoms with E-state index < -0.39 is 18.1 Å². The fraction of sp³-hybridized carbons (Fsp3) is 0.412. The van der Waals surface area contributed by atoms with Gasteiger partial charge in [0.15, 0.2) is 0 Å². The van der Waals surface area contributed by atoms with Gasteiger partial charge in [0.25, 0.3) is 0 Å². The normalized spacial score (nSPS) is 13.9. The van der Waals surface area contributed by atoms with Gasteiger partial charge in [-0.2, -0.15) is 0 Å². The number of benzene rings is 1. The Morgan fingerprint density at radius 2 is 1.91 bits per heavy atom. The van der Waals surface area contributed by atoms with E-state index in [4.69, 9.17) is 16.6 Å². The Bertz CT molecular complexity index is 708. The van der Waals surface area contributed by atoms with Crippen LogP contribution in [0.4, 0.5) is 0 Å². The second-order valence-corrected chi connectivity index (χ2v) is 5.78. The Labute approximate surface area is 135 Å². The maximum atomic E-state index is 12.6. The van der Waals surface area contributed by atoms with E-state index in [-0.39, 0.29) is 12.3 Å². The molecule has 0 saturated carbocycles. The number of carboxylic acid groups (broad SMARTS) is 1. The van der Waals surface area contributed by atoms with Crippen LogP contribution in [0.25, 0.3) is 10.9 Å². The molecule has 23 heavy (non-hydrogen) atoms. The molecule has 0 aliphatic heterocycles. The van der Waals surface area contributed by atoms with Gasteiger partial charge in [-0.15, -0.1) is 0 Å². The summed E-state index contributed by atoms with van der Waals surface area (Å²) >= 11 is 0. The van der Waals surface area contributed by atoms with Crippen molar-refractivity contribution in [2.24, 2.45) is 11.5 Å². The van der Waals surface area contributed by atoms with Gasteiger partial charge in [0, 0.05) is 18.0 Å². The standard InChI is InChI=1S/C17H23N3O3/c1-2-3-7-13(18)16(21)20-10-11(9-14(19)17(22)23)12-6-4-5-8-15(12)20/h4-6,8,10,13-14H,2-3,7,9,18-19H2,1H3,(H,22,23)/t13-,14-/m0/s1. The lowest BCUT2D eigenvalue weighted by atomic mass is 10.1. The maximum absolute atomic E-state index is 12.6. The van der Waals surface area contributed by atoms with Crippen LogP contribution in [-0.2, 0) is 11.2 Å². The molecule has 124 valence electrons. The van der Waals surface area contributed by atoms with Gasteiger partial charge in [-0.05, 0) is 18.1 Å². The third-order valence-electron chi connectivity index (χ3n) is 3.97. The highest BCUT2D eigenvalue weighted by Gasteiger charge is 2.21. The van der Waals surface area contributed by atoms with Gasteiger partial charge in [-0.3, -0.25) is 14.2 Å². The fourth-order valence-corrected chi connectivity index (χ4v) is 2.65. The lowest BCUT2D eigenvalue weighted by Gasteiger charge is -2.11. The van der Waals surface area contributed by atoms with Crippen LogP contribution in [0, 0.1) is 0 Å². The van der Waals surface area contributed by atoms with Crippen LogP contribution in [0.1, 0.15) is 36.5 Å². The van der Waals surface area contributed by atoms with Gasteiger partial charge in [0.05, 0.1) is 11.6 Å². The van der Waals surface area contributed by atoms with E-state index in [0.29, 0.717) is 6.42 Å². The molecule has 1 aromatic carbocycles. The van der Waals surface area contributed by atoms with Crippen molar-refractivity contribution in [1.29, 1.82) is 0 Å². The van der Waals surface area contributed by atoms with E-state index in [1.54, 1.807) is 6.20 Å². The van der Waals surface area contributed by atoms with Crippen LogP contribution in [0.5, 0.6) is 0 Å². The number of para-hydroxylation sites is 1. The summed E-state index contributed by atoms with van der Waals surface area (Å²) in [4.78, 5) is 23.6. The van der Waals surface area contributed by atoms with Crippen molar-refractivity contribution in [2.45, 2.75) is 44.7 Å². The second kappa shape index (κ2) is 7.39. The average Bonchev–Trinajstić information content (AvgIpc) is 2.90. The van der Waals surface area contributed by atoms with Gasteiger partial charge < -0.3 is 16.6 Å². The molecule has 0 fully saturated rings. The number of carbonyl (C=O) groups excluding carboxylic acids is 1. The summed E-state index contributed by atoms with van der Waals surface area (Å²) in [6.07, 6.45) is 4.34. The lowest BCUT2D eigenvalue weighted by molar-refractivity contribution is -0.138. The van der Waals surface area contributed by atoms with Crippen LogP contribution < -0.4 is 11.5 Å². The first-order chi connectivity index (χ1) is 11.0. The number of nitrogens with two attached hydrogens (primary N) is 2. The van der Waals surface area contributed by atoms with E-state index in [9.17, 15) is 9.59 Å². The van der Waals surface area contributed by atoms with Crippen molar-refractivity contribution < 1.29 is 14.7 Å². The van der Waals surface area contributed by atoms with Crippen molar-refractivity contribution in [3.8, 4) is 0 Å². The number of nitrogens with zero attached hydrogens (tertiary/aromatic N) is 1. The molecule has 2 atom stereocenters. The number of rotatable bonds is 7. The van der Waals surface area contributed by atoms with Gasteiger partial charge in [-0.1, -0.05) is 38.0 Å². The van der Waals surface area contributed by atoms with Crippen molar-refractivity contribution in [1.82, 2.24) is 4.57 Å². The average molecular weight is 317 g/mol. The van der Waals surface area contributed by atoms with Gasteiger partial charge in [0.1, 0.15) is 6.04 Å². The number of carboxylic acids is 1. The summed E-state index contributed by atoms with van der Waals surface area (Å²) in [6.45, 7) is 2.05. The summed E-state index contributed by atoms with van der Waals surface area (Å²) in [6, 6.07) is 5.81. The summed E-state index contributed by atoms with van der Waals surface area (Å²) in [5, 5.41) is 9.83. The molecular weight excluding hydrogens is 294 g/mol. The van der Waals surface area contributed by atoms with Gasteiger partial charge >= 0.3 is 5.97 Å². The fourth-order valence-electron chi connectivity index (χ4n) is 2.65. The minimum absolute atomic E-state index is 0.167. The van der Waals surface area contributed by atoms with E-state index >= 15 is 0 Å². The van der Waals surface area contributed by atoms with Crippen molar-refractivity contribution in [3.63, 3.8) is 0 Å². The first kappa shape index (κ1) is 17.2. The van der Waals surface area contributed by atoms with E-state index in [0.717, 1.165) is 29.3 Å². The highest BCUT2D eigenvalue weighted by atomic mass is 16.4. The predicted molar refractivity (Wildman–Crippen MR) is 89.4 cm³/mol. The van der Waals surface area contributed by atoms with Gasteiger partial charge in [-0.25, -0.2) is 0 Å². The van der Waals surface area contributed by atoms with Crippen LogP contribution >= 0.6 is 0 Å². The zero-order chi connectivity index (χ0) is 17.0. The van der Waals surface area contributed by atoms with Crippen LogP contribution in [0.2, 0.25) is 0 Å². The zero-order valence-corrected chi connectivity index (χ0v) is 13.2. The lowest BCUT2D eigenvalue weighted by Crippen LogP contribution is -2.34. The molecule has 0 aliphatic carbocycles. The van der Waals surface area contributed by atoms with Crippen molar-refractivity contribution in [3.05, 3.63) is 36.0 Å². The number of hydrogen-bond acceptors (Lipinski definition) is 4. The van der Waals surface area contributed by atoms with Crippen LogP contribution in [0.15, 0.2) is 30.5 Å². The molecule has 0 aliphatic rings. The third-order valence-corrected chi connectivity index (χ3v) is 3.97.